The minimum atomic E-state index is 0.875. The Kier molecular flexibility index (Phi) is 9.57. The van der Waals surface area contributed by atoms with Crippen LogP contribution in [0.3, 0.4) is 0 Å². The molecule has 0 atom stereocenters. The van der Waals surface area contributed by atoms with Gasteiger partial charge in [0, 0.05) is 7.05 Å². The van der Waals surface area contributed by atoms with E-state index in [1.54, 1.807) is 0 Å². The SMILES string of the molecule is CC(=Nc1ccccc1C)c1ccc(C(C)=Nc2ccccc2C)n1C.[Br][Fe][Br]. The molecule has 6 heteroatoms. The number of aromatic nitrogens is 1. The van der Waals surface area contributed by atoms with E-state index in [-0.39, 0.29) is 0 Å². The van der Waals surface area contributed by atoms with Crippen LogP contribution in [0.2, 0.25) is 0 Å². The first kappa shape index (κ1) is 23.8. The maximum atomic E-state index is 4.82. The van der Waals surface area contributed by atoms with E-state index in [0.717, 1.165) is 45.5 Å². The second kappa shape index (κ2) is 11.7. The van der Waals surface area contributed by atoms with Gasteiger partial charge >= 0.3 is 39.6 Å². The molecule has 3 nitrogen and oxygen atoms in total. The topological polar surface area (TPSA) is 29.6 Å². The molecule has 0 saturated carbocycles. The van der Waals surface area contributed by atoms with Crippen molar-refractivity contribution in [3.8, 4) is 0 Å². The second-order valence-corrected chi connectivity index (χ2v) is 12.3. The van der Waals surface area contributed by atoms with Gasteiger partial charge in [-0.1, -0.05) is 36.4 Å². The van der Waals surface area contributed by atoms with Gasteiger partial charge < -0.3 is 4.57 Å². The number of rotatable bonds is 4. The average Bonchev–Trinajstić information content (AvgIpc) is 3.08. The van der Waals surface area contributed by atoms with Crippen molar-refractivity contribution in [2.45, 2.75) is 27.7 Å². The summed E-state index contributed by atoms with van der Waals surface area (Å²) in [4.78, 5) is 9.63. The maximum absolute atomic E-state index is 4.82. The van der Waals surface area contributed by atoms with Crippen LogP contribution in [-0.2, 0) is 18.4 Å². The van der Waals surface area contributed by atoms with E-state index >= 15 is 0 Å². The van der Waals surface area contributed by atoms with Crippen LogP contribution in [0, 0.1) is 13.8 Å². The Balaban J connectivity index is 0.000000941. The van der Waals surface area contributed by atoms with E-state index in [1.165, 1.54) is 11.1 Å². The van der Waals surface area contributed by atoms with Crippen LogP contribution in [0.25, 0.3) is 0 Å². The molecule has 3 rings (SSSR count). The van der Waals surface area contributed by atoms with E-state index in [2.05, 4.69) is 91.8 Å². The van der Waals surface area contributed by atoms with Gasteiger partial charge in [0.1, 0.15) is 0 Å². The fourth-order valence-electron chi connectivity index (χ4n) is 3.09. The van der Waals surface area contributed by atoms with Gasteiger partial charge in [-0.15, -0.1) is 0 Å². The molecule has 0 unspecified atom stereocenters. The van der Waals surface area contributed by atoms with Gasteiger partial charge in [-0.25, -0.2) is 0 Å². The molecule has 0 saturated heterocycles. The Bertz CT molecular complexity index is 943. The van der Waals surface area contributed by atoms with Gasteiger partial charge in [0.05, 0.1) is 34.2 Å². The number of aliphatic imine (C=N–C) groups is 2. The molecule has 0 N–H and O–H groups in total. The molecule has 2 aromatic carbocycles. The summed E-state index contributed by atoms with van der Waals surface area (Å²) in [7, 11) is 2.07. The van der Waals surface area contributed by atoms with Gasteiger partial charge in [-0.05, 0) is 63.1 Å². The van der Waals surface area contributed by atoms with Gasteiger partial charge in [-0.2, -0.15) is 0 Å². The first-order chi connectivity index (χ1) is 13.9. The summed E-state index contributed by atoms with van der Waals surface area (Å²) in [5.74, 6) is 0. The molecule has 0 amide bonds. The summed E-state index contributed by atoms with van der Waals surface area (Å²) in [5.41, 5.74) is 8.58. The van der Waals surface area contributed by atoms with Crippen molar-refractivity contribution >= 4 is 51.0 Å². The van der Waals surface area contributed by atoms with Crippen molar-refractivity contribution in [1.29, 1.82) is 0 Å². The van der Waals surface area contributed by atoms with Gasteiger partial charge in [0.15, 0.2) is 0 Å². The number of hydrogen-bond acceptors (Lipinski definition) is 2. The molecule has 0 fully saturated rings. The Hall–Kier alpha value is -1.46. The normalized spacial score (nSPS) is 12.0. The molecule has 0 bridgehead atoms. The number of nitrogens with zero attached hydrogens (tertiary/aromatic N) is 3. The summed E-state index contributed by atoms with van der Waals surface area (Å²) in [6.45, 7) is 8.28. The van der Waals surface area contributed by atoms with Gasteiger partial charge in [0.25, 0.3) is 0 Å². The summed E-state index contributed by atoms with van der Waals surface area (Å²) >= 11 is 7.00. The standard InChI is InChI=1S/C23H25N3.2BrH.Fe/c1-16-10-6-8-12-20(16)24-18(3)22-14-15-23(26(22)5)19(4)25-21-13-9-7-11-17(21)2;;;/h6-15H,1-5H3;2*1H;/q;;;+2/p-2. The third-order valence-electron chi connectivity index (χ3n) is 4.67. The van der Waals surface area contributed by atoms with Crippen molar-refractivity contribution in [3.05, 3.63) is 83.2 Å². The van der Waals surface area contributed by atoms with Crippen LogP contribution in [0.4, 0.5) is 11.4 Å². The molecular weight excluding hydrogens is 534 g/mol. The third-order valence-corrected chi connectivity index (χ3v) is 4.67. The van der Waals surface area contributed by atoms with Crippen LogP contribution >= 0.6 is 28.2 Å². The Morgan fingerprint density at radius 3 is 1.41 bits per heavy atom. The molecule has 0 aliphatic carbocycles. The van der Waals surface area contributed by atoms with Crippen LogP contribution in [0.1, 0.15) is 36.4 Å². The van der Waals surface area contributed by atoms with Gasteiger partial charge in [-0.3, -0.25) is 9.98 Å². The molecule has 0 aliphatic rings. The zero-order valence-corrected chi connectivity index (χ0v) is 21.5. The molecule has 0 radical (unpaired) electrons. The van der Waals surface area contributed by atoms with Crippen molar-refractivity contribution in [2.24, 2.45) is 17.0 Å². The zero-order valence-electron chi connectivity index (χ0n) is 17.2. The number of aryl methyl sites for hydroxylation is 2. The summed E-state index contributed by atoms with van der Waals surface area (Å²) in [6, 6.07) is 20.6. The van der Waals surface area contributed by atoms with E-state index in [1.807, 2.05) is 36.4 Å². The van der Waals surface area contributed by atoms with Crippen molar-refractivity contribution in [3.63, 3.8) is 0 Å². The molecule has 154 valence electrons. The second-order valence-electron chi connectivity index (χ2n) is 6.68. The molecular formula is C23H25Br2FeN3. The first-order valence-corrected chi connectivity index (χ1v) is 14.6. The van der Waals surface area contributed by atoms with Gasteiger partial charge in [0.2, 0.25) is 0 Å². The quantitative estimate of drug-likeness (QED) is 0.233. The van der Waals surface area contributed by atoms with Crippen LogP contribution in [-0.4, -0.2) is 16.0 Å². The fourth-order valence-corrected chi connectivity index (χ4v) is 3.09. The summed E-state index contributed by atoms with van der Waals surface area (Å²) < 4.78 is 2.16. The molecule has 29 heavy (non-hydrogen) atoms. The van der Waals surface area contributed by atoms with Crippen molar-refractivity contribution in [1.82, 2.24) is 4.57 Å². The Morgan fingerprint density at radius 1 is 0.724 bits per heavy atom. The van der Waals surface area contributed by atoms with Crippen molar-refractivity contribution in [2.75, 3.05) is 0 Å². The van der Waals surface area contributed by atoms with Crippen LogP contribution in [0.15, 0.2) is 70.6 Å². The summed E-state index contributed by atoms with van der Waals surface area (Å²) in [5, 5.41) is 0. The number of para-hydroxylation sites is 2. The fraction of sp³-hybridized carbons (Fsp3) is 0.217. The predicted octanol–water partition coefficient (Wildman–Crippen LogP) is 7.61. The predicted molar refractivity (Wildman–Crippen MR) is 129 cm³/mol. The van der Waals surface area contributed by atoms with E-state index in [9.17, 15) is 0 Å². The Morgan fingerprint density at radius 2 is 1.07 bits per heavy atom. The zero-order chi connectivity index (χ0) is 21.4. The molecule has 3 aromatic rings. The average molecular weight is 559 g/mol. The monoisotopic (exact) mass is 557 g/mol. The molecule has 0 spiro atoms. The number of hydrogen-bond donors (Lipinski definition) is 0. The Labute approximate surface area is 193 Å². The number of benzene rings is 2. The van der Waals surface area contributed by atoms with E-state index in [4.69, 9.17) is 9.98 Å². The molecule has 0 aliphatic heterocycles. The first-order valence-electron chi connectivity index (χ1n) is 9.12. The number of halogens is 2. The van der Waals surface area contributed by atoms with E-state index in [0.29, 0.717) is 0 Å². The summed E-state index contributed by atoms with van der Waals surface area (Å²) in [6.07, 6.45) is 0. The van der Waals surface area contributed by atoms with E-state index < -0.39 is 0 Å². The van der Waals surface area contributed by atoms with Crippen molar-refractivity contribution < 1.29 is 11.3 Å². The minimum absolute atomic E-state index is 0.875. The third kappa shape index (κ3) is 6.51. The molecule has 1 heterocycles. The molecule has 1 aromatic heterocycles. The van der Waals surface area contributed by atoms with Crippen LogP contribution < -0.4 is 0 Å². The van der Waals surface area contributed by atoms with Crippen LogP contribution in [0.5, 0.6) is 0 Å².